The Morgan fingerprint density at radius 2 is 2.00 bits per heavy atom. The van der Waals surface area contributed by atoms with Crippen molar-refractivity contribution in [3.05, 3.63) is 0 Å². The topological polar surface area (TPSA) is 80.2 Å². The first kappa shape index (κ1) is 13.6. The van der Waals surface area contributed by atoms with Gasteiger partial charge in [0.1, 0.15) is 0 Å². The van der Waals surface area contributed by atoms with Crippen LogP contribution in [0.4, 0.5) is 4.79 Å². The van der Waals surface area contributed by atoms with Crippen LogP contribution < -0.4 is 5.32 Å². The van der Waals surface area contributed by atoms with Crippen molar-refractivity contribution in [2.24, 2.45) is 4.40 Å². The molecule has 0 aromatic rings. The van der Waals surface area contributed by atoms with Gasteiger partial charge in [0.05, 0.1) is 7.11 Å². The molecule has 0 bridgehead atoms. The molecule has 15 heavy (non-hydrogen) atoms. The van der Waals surface area contributed by atoms with E-state index in [1.54, 1.807) is 14.1 Å². The molecule has 1 N–H and O–H groups in total. The van der Waals surface area contributed by atoms with Gasteiger partial charge in [0.15, 0.2) is 0 Å². The first-order chi connectivity index (χ1) is 7.02. The van der Waals surface area contributed by atoms with Crippen LogP contribution in [0.15, 0.2) is 4.40 Å². The van der Waals surface area contributed by atoms with Crippen LogP contribution in [0.2, 0.25) is 0 Å². The van der Waals surface area contributed by atoms with Crippen molar-refractivity contribution in [3.8, 4) is 0 Å². The van der Waals surface area contributed by atoms with Gasteiger partial charge in [0.25, 0.3) is 5.90 Å². The average Bonchev–Trinajstić information content (AvgIpc) is 2.22. The van der Waals surface area contributed by atoms with Gasteiger partial charge >= 0.3 is 12.0 Å². The van der Waals surface area contributed by atoms with E-state index in [-0.39, 0.29) is 5.90 Å². The zero-order valence-electron chi connectivity index (χ0n) is 8.94. The summed E-state index contributed by atoms with van der Waals surface area (Å²) in [6.07, 6.45) is -0.656. The molecule has 8 heteroatoms. The van der Waals surface area contributed by atoms with E-state index >= 15 is 0 Å². The summed E-state index contributed by atoms with van der Waals surface area (Å²) in [5.74, 6) is -0.556. The number of hydrogen-bond donors (Lipinski definition) is 1. The summed E-state index contributed by atoms with van der Waals surface area (Å²) in [5.41, 5.74) is 0. The molecule has 0 aliphatic rings. The molecule has 0 spiro atoms. The maximum Gasteiger partial charge on any atom is 0.420 e. The minimum absolute atomic E-state index is 0.145. The molecule has 0 radical (unpaired) electrons. The predicted molar refractivity (Wildman–Crippen MR) is 56.3 cm³/mol. The molecule has 0 aliphatic carbocycles. The minimum atomic E-state index is -0.656. The smallest absolute Gasteiger partial charge is 0.420 e. The highest BCUT2D eigenvalue weighted by molar-refractivity contribution is 7.93. The standard InChI is InChI=1S/C7H13N3O4S/c1-8-7(12)14-15-9-5(13-4)6(11)10(2)3/h1-4H3,(H,8,12)/b9-5-. The van der Waals surface area contributed by atoms with Crippen molar-refractivity contribution in [2.45, 2.75) is 0 Å². The first-order valence-corrected chi connectivity index (χ1v) is 4.61. The van der Waals surface area contributed by atoms with Gasteiger partial charge < -0.3 is 19.1 Å². The van der Waals surface area contributed by atoms with E-state index in [1.165, 1.54) is 19.1 Å². The molecule has 0 saturated carbocycles. The molecular weight excluding hydrogens is 222 g/mol. The van der Waals surface area contributed by atoms with E-state index in [0.29, 0.717) is 12.2 Å². The highest BCUT2D eigenvalue weighted by atomic mass is 32.2. The monoisotopic (exact) mass is 235 g/mol. The normalized spacial score (nSPS) is 10.5. The molecule has 2 amide bonds. The molecule has 0 aliphatic heterocycles. The van der Waals surface area contributed by atoms with Gasteiger partial charge in [-0.1, -0.05) is 0 Å². The average molecular weight is 235 g/mol. The number of carbonyl (C=O) groups is 2. The number of nitrogens with one attached hydrogen (secondary N) is 1. The summed E-state index contributed by atoms with van der Waals surface area (Å²) in [7, 11) is 5.83. The van der Waals surface area contributed by atoms with Crippen LogP contribution in [0.5, 0.6) is 0 Å². The SMILES string of the molecule is CNC(=O)OS/N=C(\OC)C(=O)N(C)C. The Bertz CT molecular complexity index is 267. The van der Waals surface area contributed by atoms with Crippen molar-refractivity contribution in [1.29, 1.82) is 0 Å². The van der Waals surface area contributed by atoms with Crippen molar-refractivity contribution < 1.29 is 18.5 Å². The predicted octanol–water partition coefficient (Wildman–Crippen LogP) is 0.0387. The number of ether oxygens (including phenoxy) is 1. The maximum atomic E-state index is 11.3. The number of rotatable bonds is 2. The molecule has 0 heterocycles. The number of likely N-dealkylation sites (N-methyl/N-ethyl adjacent to an activating group) is 1. The second-order valence-corrected chi connectivity index (χ2v) is 2.99. The molecule has 0 fully saturated rings. The lowest BCUT2D eigenvalue weighted by atomic mass is 10.5. The van der Waals surface area contributed by atoms with E-state index in [0.717, 1.165) is 0 Å². The van der Waals surface area contributed by atoms with Gasteiger partial charge in [-0.3, -0.25) is 4.79 Å². The van der Waals surface area contributed by atoms with E-state index in [1.807, 2.05) is 0 Å². The Balaban J connectivity index is 4.23. The number of carbonyl (C=O) groups excluding carboxylic acids is 2. The largest absolute Gasteiger partial charge is 0.477 e. The summed E-state index contributed by atoms with van der Waals surface area (Å²) in [6, 6.07) is 0. The van der Waals surface area contributed by atoms with Crippen molar-refractivity contribution in [1.82, 2.24) is 10.2 Å². The lowest BCUT2D eigenvalue weighted by Crippen LogP contribution is -2.30. The second kappa shape index (κ2) is 6.93. The fraction of sp³-hybridized carbons (Fsp3) is 0.571. The third-order valence-electron chi connectivity index (χ3n) is 1.22. The molecule has 0 unspecified atom stereocenters. The number of nitrogens with zero attached hydrogens (tertiary/aromatic N) is 2. The summed E-state index contributed by atoms with van der Waals surface area (Å²) in [6.45, 7) is 0. The van der Waals surface area contributed by atoms with Gasteiger partial charge in [-0.2, -0.15) is 0 Å². The van der Waals surface area contributed by atoms with Gasteiger partial charge in [-0.05, 0) is 0 Å². The fourth-order valence-corrected chi connectivity index (χ4v) is 0.892. The summed E-state index contributed by atoms with van der Waals surface area (Å²) >= 11 is 0.468. The third-order valence-corrected chi connectivity index (χ3v) is 1.69. The molecule has 86 valence electrons. The van der Waals surface area contributed by atoms with E-state index in [2.05, 4.69) is 13.9 Å². The molecule has 0 aromatic carbocycles. The van der Waals surface area contributed by atoms with Crippen LogP contribution in [0.3, 0.4) is 0 Å². The van der Waals surface area contributed by atoms with E-state index < -0.39 is 12.0 Å². The van der Waals surface area contributed by atoms with Crippen molar-refractivity contribution >= 4 is 30.1 Å². The molecule has 0 saturated heterocycles. The number of hydrogen-bond acceptors (Lipinski definition) is 6. The Labute approximate surface area is 92.2 Å². The van der Waals surface area contributed by atoms with Crippen LogP contribution in [-0.2, 0) is 13.7 Å². The summed E-state index contributed by atoms with van der Waals surface area (Å²) in [5, 5.41) is 2.22. The molecule has 0 rings (SSSR count). The Hall–Kier alpha value is -1.44. The van der Waals surface area contributed by atoms with Crippen LogP contribution in [-0.4, -0.2) is 51.1 Å². The number of methoxy groups -OCH3 is 1. The van der Waals surface area contributed by atoms with E-state index in [9.17, 15) is 9.59 Å². The highest BCUT2D eigenvalue weighted by Gasteiger charge is 2.14. The first-order valence-electron chi connectivity index (χ1n) is 3.92. The molecule has 0 atom stereocenters. The zero-order valence-corrected chi connectivity index (χ0v) is 9.75. The summed E-state index contributed by atoms with van der Waals surface area (Å²) in [4.78, 5) is 23.2. The Morgan fingerprint density at radius 1 is 1.40 bits per heavy atom. The van der Waals surface area contributed by atoms with Gasteiger partial charge in [-0.25, -0.2) is 4.79 Å². The van der Waals surface area contributed by atoms with Crippen LogP contribution >= 0.6 is 12.2 Å². The fourth-order valence-electron chi connectivity index (χ4n) is 0.483. The highest BCUT2D eigenvalue weighted by Crippen LogP contribution is 2.06. The van der Waals surface area contributed by atoms with Gasteiger partial charge in [-0.15, -0.1) is 4.40 Å². The van der Waals surface area contributed by atoms with Crippen molar-refractivity contribution in [2.75, 3.05) is 28.3 Å². The Kier molecular flexibility index (Phi) is 6.27. The summed E-state index contributed by atoms with van der Waals surface area (Å²) < 4.78 is 12.8. The van der Waals surface area contributed by atoms with Crippen LogP contribution in [0.25, 0.3) is 0 Å². The van der Waals surface area contributed by atoms with Gasteiger partial charge in [0.2, 0.25) is 12.2 Å². The van der Waals surface area contributed by atoms with Crippen molar-refractivity contribution in [3.63, 3.8) is 0 Å². The molecule has 7 nitrogen and oxygen atoms in total. The van der Waals surface area contributed by atoms with E-state index in [4.69, 9.17) is 4.74 Å². The minimum Gasteiger partial charge on any atom is -0.477 e. The molecule has 0 aromatic heterocycles. The number of amides is 2. The maximum absolute atomic E-state index is 11.3. The lowest BCUT2D eigenvalue weighted by molar-refractivity contribution is -0.123. The quantitative estimate of drug-likeness (QED) is 0.316. The van der Waals surface area contributed by atoms with Gasteiger partial charge in [0, 0.05) is 21.1 Å². The van der Waals surface area contributed by atoms with Crippen LogP contribution in [0, 0.1) is 0 Å². The Morgan fingerprint density at radius 3 is 2.40 bits per heavy atom. The van der Waals surface area contributed by atoms with Crippen LogP contribution in [0.1, 0.15) is 0 Å². The lowest BCUT2D eigenvalue weighted by Gasteiger charge is -2.10. The second-order valence-electron chi connectivity index (χ2n) is 2.50. The zero-order chi connectivity index (χ0) is 11.8. The molecular formula is C7H13N3O4S. The third kappa shape index (κ3) is 5.11.